The number of ether oxygens (including phenoxy) is 2. The average molecular weight is 382 g/mol. The second-order valence-electron chi connectivity index (χ2n) is 6.17. The van der Waals surface area contributed by atoms with Crippen molar-refractivity contribution in [3.05, 3.63) is 52.5 Å². The fourth-order valence-corrected chi connectivity index (χ4v) is 4.46. The van der Waals surface area contributed by atoms with Crippen LogP contribution in [0, 0.1) is 6.92 Å². The van der Waals surface area contributed by atoms with Crippen LogP contribution in [0.5, 0.6) is 11.5 Å². The predicted octanol–water partition coefficient (Wildman–Crippen LogP) is 3.63. The van der Waals surface area contributed by atoms with Gasteiger partial charge in [-0.1, -0.05) is 17.7 Å². The molecule has 1 aliphatic carbocycles. The van der Waals surface area contributed by atoms with Gasteiger partial charge in [-0.2, -0.15) is 0 Å². The molecule has 25 heavy (non-hydrogen) atoms. The first-order valence-electron chi connectivity index (χ1n) is 7.84. The van der Waals surface area contributed by atoms with Crippen molar-refractivity contribution in [2.45, 2.75) is 30.2 Å². The van der Waals surface area contributed by atoms with Gasteiger partial charge in [0.2, 0.25) is 10.0 Å². The van der Waals surface area contributed by atoms with E-state index in [2.05, 4.69) is 4.72 Å². The van der Waals surface area contributed by atoms with Crippen LogP contribution in [-0.2, 0) is 15.6 Å². The minimum atomic E-state index is -3.66. The standard InChI is InChI=1S/C18H20ClNO4S/c1-12-10-14(5-6-15(12)19)25(21,22)20-18(8-9-18)13-4-7-16(23-2)17(11-13)24-3/h4-7,10-11,20H,8-9H2,1-3H3. The molecule has 1 aliphatic rings. The third-order valence-corrected chi connectivity index (χ3v) is 6.41. The molecule has 3 rings (SSSR count). The summed E-state index contributed by atoms with van der Waals surface area (Å²) in [6, 6.07) is 10.2. The highest BCUT2D eigenvalue weighted by atomic mass is 35.5. The number of benzene rings is 2. The van der Waals surface area contributed by atoms with Crippen molar-refractivity contribution in [2.24, 2.45) is 0 Å². The van der Waals surface area contributed by atoms with Crippen molar-refractivity contribution < 1.29 is 17.9 Å². The predicted molar refractivity (Wildman–Crippen MR) is 97.0 cm³/mol. The lowest BCUT2D eigenvalue weighted by molar-refractivity contribution is 0.354. The number of halogens is 1. The van der Waals surface area contributed by atoms with Crippen LogP contribution in [0.3, 0.4) is 0 Å². The molecule has 0 aliphatic heterocycles. The van der Waals surface area contributed by atoms with Gasteiger partial charge < -0.3 is 9.47 Å². The first-order valence-corrected chi connectivity index (χ1v) is 9.70. The van der Waals surface area contributed by atoms with E-state index in [1.807, 2.05) is 12.1 Å². The lowest BCUT2D eigenvalue weighted by atomic mass is 10.1. The third-order valence-electron chi connectivity index (χ3n) is 4.46. The first-order chi connectivity index (χ1) is 11.8. The molecule has 0 radical (unpaired) electrons. The van der Waals surface area contributed by atoms with Crippen LogP contribution in [0.4, 0.5) is 0 Å². The molecule has 0 amide bonds. The Morgan fingerprint density at radius 3 is 2.28 bits per heavy atom. The van der Waals surface area contributed by atoms with Gasteiger partial charge in [0.25, 0.3) is 0 Å². The summed E-state index contributed by atoms with van der Waals surface area (Å²) in [6.07, 6.45) is 1.46. The summed E-state index contributed by atoms with van der Waals surface area (Å²) in [5.41, 5.74) is 0.978. The molecule has 0 spiro atoms. The van der Waals surface area contributed by atoms with E-state index >= 15 is 0 Å². The van der Waals surface area contributed by atoms with Gasteiger partial charge in [0.1, 0.15) is 0 Å². The molecule has 1 N–H and O–H groups in total. The Hall–Kier alpha value is -1.76. The van der Waals surface area contributed by atoms with Crippen molar-refractivity contribution in [3.8, 4) is 11.5 Å². The summed E-state index contributed by atoms with van der Waals surface area (Å²) in [6.45, 7) is 1.78. The fraction of sp³-hybridized carbons (Fsp3) is 0.333. The van der Waals surface area contributed by atoms with Crippen molar-refractivity contribution in [1.29, 1.82) is 0 Å². The number of hydrogen-bond donors (Lipinski definition) is 1. The Kier molecular flexibility index (Phi) is 4.70. The molecule has 0 heterocycles. The zero-order chi connectivity index (χ0) is 18.2. The molecule has 7 heteroatoms. The zero-order valence-electron chi connectivity index (χ0n) is 14.3. The van der Waals surface area contributed by atoms with Gasteiger partial charge in [0.15, 0.2) is 11.5 Å². The third kappa shape index (κ3) is 3.47. The van der Waals surface area contributed by atoms with Crippen molar-refractivity contribution in [1.82, 2.24) is 4.72 Å². The monoisotopic (exact) mass is 381 g/mol. The molecule has 5 nitrogen and oxygen atoms in total. The van der Waals surface area contributed by atoms with Crippen LogP contribution in [0.2, 0.25) is 5.02 Å². The van der Waals surface area contributed by atoms with Crippen molar-refractivity contribution >= 4 is 21.6 Å². The molecule has 0 atom stereocenters. The lowest BCUT2D eigenvalue weighted by Crippen LogP contribution is -2.34. The Bertz CT molecular complexity index is 907. The lowest BCUT2D eigenvalue weighted by Gasteiger charge is -2.20. The van der Waals surface area contributed by atoms with Crippen molar-refractivity contribution in [3.63, 3.8) is 0 Å². The van der Waals surface area contributed by atoms with E-state index < -0.39 is 15.6 Å². The molecular formula is C18H20ClNO4S. The van der Waals surface area contributed by atoms with E-state index in [0.717, 1.165) is 24.0 Å². The Labute approximate surface area is 153 Å². The Balaban J connectivity index is 1.92. The van der Waals surface area contributed by atoms with Gasteiger partial charge in [-0.05, 0) is 61.2 Å². The van der Waals surface area contributed by atoms with E-state index in [1.165, 1.54) is 6.07 Å². The molecule has 0 unspecified atom stereocenters. The second-order valence-corrected chi connectivity index (χ2v) is 8.26. The molecule has 0 saturated heterocycles. The maximum Gasteiger partial charge on any atom is 0.241 e. The summed E-state index contributed by atoms with van der Waals surface area (Å²) in [5, 5.41) is 0.542. The molecule has 2 aromatic rings. The molecule has 1 fully saturated rings. The first kappa shape index (κ1) is 18.0. The van der Waals surface area contributed by atoms with E-state index in [1.54, 1.807) is 39.3 Å². The molecule has 0 aromatic heterocycles. The minimum Gasteiger partial charge on any atom is -0.493 e. The van der Waals surface area contributed by atoms with Gasteiger partial charge in [0.05, 0.1) is 24.7 Å². The van der Waals surface area contributed by atoms with Gasteiger partial charge in [-0.25, -0.2) is 13.1 Å². The average Bonchev–Trinajstić information content (AvgIpc) is 3.36. The number of sulfonamides is 1. The summed E-state index contributed by atoms with van der Waals surface area (Å²) in [7, 11) is -0.536. The zero-order valence-corrected chi connectivity index (χ0v) is 15.9. The SMILES string of the molecule is COc1ccc(C2(NS(=O)(=O)c3ccc(Cl)c(C)c3)CC2)cc1OC. The van der Waals surface area contributed by atoms with Crippen LogP contribution in [0.1, 0.15) is 24.0 Å². The summed E-state index contributed by atoms with van der Waals surface area (Å²) in [4.78, 5) is 0.209. The topological polar surface area (TPSA) is 64.6 Å². The van der Waals surface area contributed by atoms with E-state index in [9.17, 15) is 8.42 Å². The number of rotatable bonds is 6. The molecule has 134 valence electrons. The van der Waals surface area contributed by atoms with Crippen molar-refractivity contribution in [2.75, 3.05) is 14.2 Å². The summed E-state index contributed by atoms with van der Waals surface area (Å²) < 4.78 is 39.0. The van der Waals surface area contributed by atoms with Gasteiger partial charge in [-0.3, -0.25) is 0 Å². The van der Waals surface area contributed by atoms with E-state index in [4.69, 9.17) is 21.1 Å². The molecule has 0 bridgehead atoms. The Morgan fingerprint density at radius 1 is 1.04 bits per heavy atom. The number of aryl methyl sites for hydroxylation is 1. The van der Waals surface area contributed by atoms with E-state index in [0.29, 0.717) is 16.5 Å². The number of nitrogens with one attached hydrogen (secondary N) is 1. The number of hydrogen-bond acceptors (Lipinski definition) is 4. The summed E-state index contributed by atoms with van der Waals surface area (Å²) in [5.74, 6) is 1.19. The van der Waals surface area contributed by atoms with Crippen LogP contribution in [0.15, 0.2) is 41.3 Å². The highest BCUT2D eigenvalue weighted by molar-refractivity contribution is 7.89. The maximum absolute atomic E-state index is 12.8. The second kappa shape index (κ2) is 6.52. The highest BCUT2D eigenvalue weighted by Crippen LogP contribution is 2.48. The van der Waals surface area contributed by atoms with Crippen LogP contribution in [0.25, 0.3) is 0 Å². The van der Waals surface area contributed by atoms with Crippen LogP contribution >= 0.6 is 11.6 Å². The molecule has 1 saturated carbocycles. The van der Waals surface area contributed by atoms with Gasteiger partial charge >= 0.3 is 0 Å². The van der Waals surface area contributed by atoms with Gasteiger partial charge in [-0.15, -0.1) is 0 Å². The smallest absolute Gasteiger partial charge is 0.241 e. The molecule has 2 aromatic carbocycles. The van der Waals surface area contributed by atoms with Crippen LogP contribution < -0.4 is 14.2 Å². The number of methoxy groups -OCH3 is 2. The van der Waals surface area contributed by atoms with Gasteiger partial charge in [0, 0.05) is 5.02 Å². The van der Waals surface area contributed by atoms with E-state index in [-0.39, 0.29) is 4.90 Å². The molecular weight excluding hydrogens is 362 g/mol. The normalized spacial score (nSPS) is 15.7. The quantitative estimate of drug-likeness (QED) is 0.829. The Morgan fingerprint density at radius 2 is 1.72 bits per heavy atom. The maximum atomic E-state index is 12.8. The fourth-order valence-electron chi connectivity index (χ4n) is 2.81. The largest absolute Gasteiger partial charge is 0.493 e. The van der Waals surface area contributed by atoms with Crippen LogP contribution in [-0.4, -0.2) is 22.6 Å². The highest BCUT2D eigenvalue weighted by Gasteiger charge is 2.48. The minimum absolute atomic E-state index is 0.209. The summed E-state index contributed by atoms with van der Waals surface area (Å²) >= 11 is 5.99.